The fourth-order valence-electron chi connectivity index (χ4n) is 3.27. The zero-order chi connectivity index (χ0) is 20.5. The van der Waals surface area contributed by atoms with Gasteiger partial charge in [-0.25, -0.2) is 4.98 Å². The SMILES string of the molecule is [2H]c1nc(C)n(CC2CCc3c(c4c([2H])c([2H])c([2H])c([2H])c4n3C)C2=O)c1[2H]. The molecule has 1 aromatic carbocycles. The molecule has 0 N–H and O–H groups in total. The Bertz CT molecular complexity index is 1160. The summed E-state index contributed by atoms with van der Waals surface area (Å²) in [5.74, 6) is -0.114. The third-order valence-electron chi connectivity index (χ3n) is 4.49. The molecule has 112 valence electrons. The number of carbonyl (C=O) groups excluding carboxylic acids is 1. The number of carbonyl (C=O) groups is 1. The second kappa shape index (κ2) is 4.83. The summed E-state index contributed by atoms with van der Waals surface area (Å²) in [6.07, 6.45) is 0.949. The van der Waals surface area contributed by atoms with E-state index in [9.17, 15) is 4.79 Å². The Morgan fingerprint density at radius 1 is 1.41 bits per heavy atom. The molecule has 0 saturated heterocycles. The van der Waals surface area contributed by atoms with Crippen molar-refractivity contribution in [2.75, 3.05) is 0 Å². The van der Waals surface area contributed by atoms with Crippen molar-refractivity contribution in [3.05, 3.63) is 53.6 Å². The van der Waals surface area contributed by atoms with Gasteiger partial charge in [0.25, 0.3) is 0 Å². The summed E-state index contributed by atoms with van der Waals surface area (Å²) in [5, 5.41) is 0.271. The highest BCUT2D eigenvalue weighted by Gasteiger charge is 2.32. The Kier molecular flexibility index (Phi) is 1.83. The van der Waals surface area contributed by atoms with E-state index in [1.165, 1.54) is 0 Å². The van der Waals surface area contributed by atoms with Crippen molar-refractivity contribution in [3.8, 4) is 0 Å². The molecule has 0 aliphatic heterocycles. The molecule has 4 heteroatoms. The number of fused-ring (bicyclic) bond motifs is 3. The zero-order valence-electron chi connectivity index (χ0n) is 18.4. The Morgan fingerprint density at radius 3 is 3.00 bits per heavy atom. The van der Waals surface area contributed by atoms with Crippen LogP contribution in [0.2, 0.25) is 0 Å². The van der Waals surface area contributed by atoms with Gasteiger partial charge in [0.2, 0.25) is 0 Å². The standard InChI is InChI=1S/C18H19N3O/c1-12-19-9-10-21(12)11-13-7-8-16-17(18(13)22)14-5-3-4-6-15(14)20(16)2/h3-6,9-10,13H,7-8,11H2,1-2H3/i3D,4D,5D,6D,9D,10D. The number of aromatic nitrogens is 3. The maximum Gasteiger partial charge on any atom is 0.170 e. The molecule has 0 saturated carbocycles. The summed E-state index contributed by atoms with van der Waals surface area (Å²) in [7, 11) is 1.73. The summed E-state index contributed by atoms with van der Waals surface area (Å²) in [6, 6.07) is -1.00. The fraction of sp³-hybridized carbons (Fsp3) is 0.333. The number of ketones is 1. The van der Waals surface area contributed by atoms with Gasteiger partial charge in [-0.1, -0.05) is 18.1 Å². The van der Waals surface area contributed by atoms with Crippen molar-refractivity contribution in [2.24, 2.45) is 13.0 Å². The van der Waals surface area contributed by atoms with E-state index in [4.69, 9.17) is 8.22 Å². The minimum absolute atomic E-state index is 0.0315. The molecule has 2 aromatic heterocycles. The van der Waals surface area contributed by atoms with E-state index in [1.54, 1.807) is 23.1 Å². The van der Waals surface area contributed by atoms with Crippen LogP contribution in [0.3, 0.4) is 0 Å². The van der Waals surface area contributed by atoms with E-state index < -0.39 is 5.92 Å². The largest absolute Gasteiger partial charge is 0.347 e. The predicted octanol–water partition coefficient (Wildman–Crippen LogP) is 3.13. The third kappa shape index (κ3) is 1.83. The van der Waals surface area contributed by atoms with Crippen LogP contribution in [0.15, 0.2) is 36.5 Å². The molecule has 0 fully saturated rings. The third-order valence-corrected chi connectivity index (χ3v) is 4.49. The lowest BCUT2D eigenvalue weighted by atomic mass is 9.85. The number of rotatable bonds is 2. The van der Waals surface area contributed by atoms with Crippen LogP contribution in [0.5, 0.6) is 0 Å². The van der Waals surface area contributed by atoms with Crippen molar-refractivity contribution in [2.45, 2.75) is 26.3 Å². The Hall–Kier alpha value is -2.36. The highest BCUT2D eigenvalue weighted by molar-refractivity contribution is 6.11. The molecule has 1 aliphatic rings. The Morgan fingerprint density at radius 2 is 2.23 bits per heavy atom. The van der Waals surface area contributed by atoms with Crippen LogP contribution >= 0.6 is 0 Å². The first-order valence-electron chi connectivity index (χ1n) is 10.3. The van der Waals surface area contributed by atoms with Gasteiger partial charge in [-0.15, -0.1) is 0 Å². The lowest BCUT2D eigenvalue weighted by Crippen LogP contribution is -2.27. The molecule has 1 unspecified atom stereocenters. The van der Waals surface area contributed by atoms with Gasteiger partial charge in [0.1, 0.15) is 5.82 Å². The topological polar surface area (TPSA) is 39.8 Å². The van der Waals surface area contributed by atoms with Crippen LogP contribution in [0.4, 0.5) is 0 Å². The lowest BCUT2D eigenvalue weighted by Gasteiger charge is -2.23. The van der Waals surface area contributed by atoms with E-state index in [1.807, 2.05) is 0 Å². The molecular weight excluding hydrogens is 274 g/mol. The first-order valence-corrected chi connectivity index (χ1v) is 7.27. The quantitative estimate of drug-likeness (QED) is 0.729. The number of imidazole rings is 1. The summed E-state index contributed by atoms with van der Waals surface area (Å²) in [5.41, 5.74) is 1.42. The van der Waals surface area contributed by atoms with Crippen LogP contribution in [0.25, 0.3) is 10.9 Å². The van der Waals surface area contributed by atoms with Crippen LogP contribution in [-0.2, 0) is 20.0 Å². The van der Waals surface area contributed by atoms with Crippen LogP contribution < -0.4 is 0 Å². The Labute approximate surface area is 137 Å². The van der Waals surface area contributed by atoms with Crippen molar-refractivity contribution in [1.29, 1.82) is 0 Å². The molecule has 0 radical (unpaired) electrons. The zero-order valence-corrected chi connectivity index (χ0v) is 12.4. The fourth-order valence-corrected chi connectivity index (χ4v) is 3.27. The van der Waals surface area contributed by atoms with Crippen LogP contribution in [0.1, 0.15) is 36.5 Å². The Balaban J connectivity index is 1.87. The summed E-state index contributed by atoms with van der Waals surface area (Å²) in [6.45, 7) is 1.93. The van der Waals surface area contributed by atoms with Gasteiger partial charge in [-0.05, 0) is 25.8 Å². The summed E-state index contributed by atoms with van der Waals surface area (Å²) >= 11 is 0. The average Bonchev–Trinajstić information content (AvgIpc) is 3.09. The second-order valence-electron chi connectivity index (χ2n) is 5.70. The van der Waals surface area contributed by atoms with E-state index in [0.717, 1.165) is 5.69 Å². The first-order chi connectivity index (χ1) is 13.1. The van der Waals surface area contributed by atoms with Gasteiger partial charge in [0, 0.05) is 54.0 Å². The number of aryl methyl sites for hydroxylation is 2. The molecular formula is C18H19N3O. The number of para-hydroxylation sites is 1. The molecule has 4 rings (SSSR count). The van der Waals surface area contributed by atoms with Gasteiger partial charge in [0.05, 0.1) is 8.22 Å². The van der Waals surface area contributed by atoms with Gasteiger partial charge in [0.15, 0.2) is 5.78 Å². The van der Waals surface area contributed by atoms with E-state index in [-0.39, 0.29) is 54.2 Å². The molecule has 3 aromatic rings. The average molecular weight is 299 g/mol. The molecule has 1 aliphatic carbocycles. The lowest BCUT2D eigenvalue weighted by molar-refractivity contribution is 0.0888. The maximum atomic E-state index is 13.3. The maximum absolute atomic E-state index is 13.3. The van der Waals surface area contributed by atoms with E-state index in [0.29, 0.717) is 29.7 Å². The smallest absolute Gasteiger partial charge is 0.170 e. The minimum atomic E-state index is -0.437. The highest BCUT2D eigenvalue weighted by atomic mass is 16.1. The monoisotopic (exact) mass is 299 g/mol. The van der Waals surface area contributed by atoms with Gasteiger partial charge in [-0.2, -0.15) is 0 Å². The van der Waals surface area contributed by atoms with Crippen molar-refractivity contribution in [3.63, 3.8) is 0 Å². The molecule has 0 amide bonds. The highest BCUT2D eigenvalue weighted by Crippen LogP contribution is 2.34. The number of hydrogen-bond acceptors (Lipinski definition) is 2. The van der Waals surface area contributed by atoms with Gasteiger partial charge >= 0.3 is 0 Å². The number of Topliss-reactive ketones (excluding diaryl/α,β-unsaturated/α-hetero) is 1. The van der Waals surface area contributed by atoms with Gasteiger partial charge in [-0.3, -0.25) is 4.79 Å². The molecule has 1 atom stereocenters. The molecule has 4 nitrogen and oxygen atoms in total. The number of benzene rings is 1. The number of nitrogens with zero attached hydrogens (tertiary/aromatic N) is 3. The normalized spacial score (nSPS) is 21.7. The molecule has 2 heterocycles. The minimum Gasteiger partial charge on any atom is -0.347 e. The van der Waals surface area contributed by atoms with Crippen molar-refractivity contribution in [1.82, 2.24) is 14.1 Å². The van der Waals surface area contributed by atoms with Crippen molar-refractivity contribution < 1.29 is 13.0 Å². The van der Waals surface area contributed by atoms with Crippen LogP contribution in [0, 0.1) is 12.8 Å². The summed E-state index contributed by atoms with van der Waals surface area (Å²) < 4.78 is 51.3. The summed E-state index contributed by atoms with van der Waals surface area (Å²) in [4.78, 5) is 17.3. The predicted molar refractivity (Wildman–Crippen MR) is 86.0 cm³/mol. The van der Waals surface area contributed by atoms with Gasteiger partial charge < -0.3 is 9.13 Å². The molecule has 22 heavy (non-hydrogen) atoms. The van der Waals surface area contributed by atoms with E-state index in [2.05, 4.69) is 4.98 Å². The second-order valence-corrected chi connectivity index (χ2v) is 5.70. The van der Waals surface area contributed by atoms with Crippen molar-refractivity contribution >= 4 is 16.7 Å². The van der Waals surface area contributed by atoms with Crippen LogP contribution in [-0.4, -0.2) is 19.9 Å². The number of hydrogen-bond donors (Lipinski definition) is 0. The van der Waals surface area contributed by atoms with E-state index >= 15 is 0 Å². The molecule has 0 spiro atoms. The molecule has 0 bridgehead atoms. The first kappa shape index (κ1) is 8.32.